The molecule has 15 heavy (non-hydrogen) atoms. The first-order valence-electron chi connectivity index (χ1n) is 5.79. The van der Waals surface area contributed by atoms with Gasteiger partial charge in [0.15, 0.2) is 0 Å². The molecule has 0 saturated carbocycles. The second-order valence-electron chi connectivity index (χ2n) is 4.59. The Kier molecular flexibility index (Phi) is 4.34. The molecule has 1 aliphatic heterocycles. The van der Waals surface area contributed by atoms with Crippen molar-refractivity contribution in [3.8, 4) is 0 Å². The van der Waals surface area contributed by atoms with Gasteiger partial charge in [0, 0.05) is 13.1 Å². The molecule has 0 atom stereocenters. The lowest BCUT2D eigenvalue weighted by atomic mass is 9.88. The summed E-state index contributed by atoms with van der Waals surface area (Å²) in [5, 5.41) is 0. The second kappa shape index (κ2) is 5.32. The molecular weight excluding hydrogens is 182 g/mol. The fourth-order valence-corrected chi connectivity index (χ4v) is 2.27. The molecule has 0 spiro atoms. The molecule has 0 amide bonds. The van der Waals surface area contributed by atoms with Crippen LogP contribution < -0.4 is 0 Å². The van der Waals surface area contributed by atoms with E-state index >= 15 is 0 Å². The molecule has 0 aromatic carbocycles. The first kappa shape index (κ1) is 12.3. The molecule has 84 valence electrons. The van der Waals surface area contributed by atoms with Crippen molar-refractivity contribution in [2.24, 2.45) is 5.92 Å². The Labute approximate surface area is 94.2 Å². The fraction of sp³-hybridized carbons (Fsp3) is 0.571. The largest absolute Gasteiger partial charge is 0.302 e. The Morgan fingerprint density at radius 3 is 2.60 bits per heavy atom. The second-order valence-corrected chi connectivity index (χ2v) is 4.59. The van der Waals surface area contributed by atoms with Crippen molar-refractivity contribution in [2.45, 2.75) is 27.2 Å². The summed E-state index contributed by atoms with van der Waals surface area (Å²) in [4.78, 5) is 2.38. The Balaban J connectivity index is 3.06. The summed E-state index contributed by atoms with van der Waals surface area (Å²) < 4.78 is 0. The number of rotatable bonds is 3. The predicted molar refractivity (Wildman–Crippen MR) is 67.9 cm³/mol. The van der Waals surface area contributed by atoms with E-state index in [1.165, 1.54) is 16.7 Å². The van der Waals surface area contributed by atoms with Crippen LogP contribution in [0.15, 0.2) is 35.5 Å². The molecule has 0 aromatic rings. The molecule has 0 fully saturated rings. The molecule has 0 unspecified atom stereocenters. The van der Waals surface area contributed by atoms with Gasteiger partial charge in [0.1, 0.15) is 0 Å². The van der Waals surface area contributed by atoms with Gasteiger partial charge in [-0.1, -0.05) is 32.6 Å². The monoisotopic (exact) mass is 205 g/mol. The topological polar surface area (TPSA) is 3.24 Å². The van der Waals surface area contributed by atoms with Gasteiger partial charge in [0.25, 0.3) is 0 Å². The van der Waals surface area contributed by atoms with Crippen molar-refractivity contribution in [3.63, 3.8) is 0 Å². The molecule has 0 radical (unpaired) electrons. The maximum atomic E-state index is 3.93. The highest BCUT2D eigenvalue weighted by Crippen LogP contribution is 2.28. The average molecular weight is 205 g/mol. The summed E-state index contributed by atoms with van der Waals surface area (Å²) in [5.74, 6) is 0.603. The van der Waals surface area contributed by atoms with Gasteiger partial charge < -0.3 is 4.90 Å². The van der Waals surface area contributed by atoms with Gasteiger partial charge in [-0.05, 0) is 43.0 Å². The summed E-state index contributed by atoms with van der Waals surface area (Å²) in [5.41, 5.74) is 4.42. The van der Waals surface area contributed by atoms with Crippen LogP contribution in [-0.4, -0.2) is 25.0 Å². The van der Waals surface area contributed by atoms with Gasteiger partial charge in [-0.15, -0.1) is 0 Å². The third-order valence-corrected chi connectivity index (χ3v) is 3.11. The molecular formula is C14H23N. The van der Waals surface area contributed by atoms with Crippen LogP contribution in [0.4, 0.5) is 0 Å². The van der Waals surface area contributed by atoms with Gasteiger partial charge >= 0.3 is 0 Å². The lowest BCUT2D eigenvalue weighted by Crippen LogP contribution is -2.29. The number of likely N-dealkylation sites (N-methyl/N-ethyl adjacent to an activating group) is 1. The summed E-state index contributed by atoms with van der Waals surface area (Å²) in [6, 6.07) is 0. The predicted octanol–water partition coefficient (Wildman–Crippen LogP) is 3.41. The van der Waals surface area contributed by atoms with Crippen LogP contribution in [0.2, 0.25) is 0 Å². The van der Waals surface area contributed by atoms with Crippen molar-refractivity contribution in [3.05, 3.63) is 35.5 Å². The zero-order valence-electron chi connectivity index (χ0n) is 10.5. The minimum absolute atomic E-state index is 0.603. The number of nitrogens with zero attached hydrogens (tertiary/aromatic N) is 1. The number of hydrogen-bond donors (Lipinski definition) is 0. The molecule has 0 N–H and O–H groups in total. The molecule has 1 heteroatoms. The molecule has 0 saturated heterocycles. The Bertz CT molecular complexity index is 294. The van der Waals surface area contributed by atoms with Crippen LogP contribution in [0.3, 0.4) is 0 Å². The minimum atomic E-state index is 0.603. The van der Waals surface area contributed by atoms with Crippen LogP contribution in [0.25, 0.3) is 0 Å². The Morgan fingerprint density at radius 1 is 1.47 bits per heavy atom. The van der Waals surface area contributed by atoms with E-state index in [4.69, 9.17) is 0 Å². The van der Waals surface area contributed by atoms with Crippen LogP contribution in [0, 0.1) is 5.92 Å². The quantitative estimate of drug-likeness (QED) is 0.682. The van der Waals surface area contributed by atoms with Crippen LogP contribution in [0.1, 0.15) is 27.2 Å². The van der Waals surface area contributed by atoms with E-state index in [1.807, 2.05) is 6.08 Å². The van der Waals surface area contributed by atoms with Crippen molar-refractivity contribution in [1.82, 2.24) is 4.90 Å². The van der Waals surface area contributed by atoms with E-state index in [0.29, 0.717) is 5.92 Å². The maximum absolute atomic E-state index is 3.93. The smallest absolute Gasteiger partial charge is 0.0236 e. The SMILES string of the molecule is C=CC1=C(/C(=C\C)C(C)C)CN(C)CC1. The van der Waals surface area contributed by atoms with E-state index in [-0.39, 0.29) is 0 Å². The molecule has 0 aromatic heterocycles. The van der Waals surface area contributed by atoms with Gasteiger partial charge in [-0.2, -0.15) is 0 Å². The van der Waals surface area contributed by atoms with Crippen molar-refractivity contribution < 1.29 is 0 Å². The summed E-state index contributed by atoms with van der Waals surface area (Å²) in [6.07, 6.45) is 5.43. The molecule has 0 bridgehead atoms. The fourth-order valence-electron chi connectivity index (χ4n) is 2.27. The third-order valence-electron chi connectivity index (χ3n) is 3.11. The molecule has 1 rings (SSSR count). The Hall–Kier alpha value is -0.820. The van der Waals surface area contributed by atoms with Crippen molar-refractivity contribution in [1.29, 1.82) is 0 Å². The number of allylic oxidation sites excluding steroid dienone is 2. The number of hydrogen-bond acceptors (Lipinski definition) is 1. The highest BCUT2D eigenvalue weighted by atomic mass is 15.1. The summed E-state index contributed by atoms with van der Waals surface area (Å²) >= 11 is 0. The standard InChI is InChI=1S/C14H23N/c1-6-12-8-9-15(5)10-14(12)13(7-2)11(3)4/h6-7,11H,1,8-10H2,2-5H3/b13-7-. The summed E-state index contributed by atoms with van der Waals surface area (Å²) in [7, 11) is 2.19. The van der Waals surface area contributed by atoms with Crippen LogP contribution in [0.5, 0.6) is 0 Å². The van der Waals surface area contributed by atoms with Gasteiger partial charge in [0.2, 0.25) is 0 Å². The zero-order chi connectivity index (χ0) is 11.4. The lowest BCUT2D eigenvalue weighted by Gasteiger charge is -2.29. The van der Waals surface area contributed by atoms with Crippen LogP contribution in [-0.2, 0) is 0 Å². The van der Waals surface area contributed by atoms with E-state index in [9.17, 15) is 0 Å². The first-order chi connectivity index (χ1) is 7.10. The highest BCUT2D eigenvalue weighted by Gasteiger charge is 2.18. The Morgan fingerprint density at radius 2 is 2.13 bits per heavy atom. The zero-order valence-corrected chi connectivity index (χ0v) is 10.5. The summed E-state index contributed by atoms with van der Waals surface area (Å²) in [6.45, 7) is 12.8. The maximum Gasteiger partial charge on any atom is 0.0236 e. The highest BCUT2D eigenvalue weighted by molar-refractivity contribution is 5.42. The normalized spacial score (nSPS) is 19.9. The van der Waals surface area contributed by atoms with Crippen LogP contribution >= 0.6 is 0 Å². The van der Waals surface area contributed by atoms with E-state index in [1.54, 1.807) is 0 Å². The molecule has 0 aliphatic carbocycles. The molecule has 1 heterocycles. The molecule has 1 aliphatic rings. The van der Waals surface area contributed by atoms with Gasteiger partial charge in [-0.25, -0.2) is 0 Å². The molecule has 1 nitrogen and oxygen atoms in total. The van der Waals surface area contributed by atoms with E-state index in [0.717, 1.165) is 19.5 Å². The van der Waals surface area contributed by atoms with Crippen molar-refractivity contribution >= 4 is 0 Å². The first-order valence-corrected chi connectivity index (χ1v) is 5.79. The van der Waals surface area contributed by atoms with Crippen molar-refractivity contribution in [2.75, 3.05) is 20.1 Å². The van der Waals surface area contributed by atoms with Gasteiger partial charge in [0.05, 0.1) is 0 Å². The van der Waals surface area contributed by atoms with Gasteiger partial charge in [-0.3, -0.25) is 0 Å². The third kappa shape index (κ3) is 2.82. The van der Waals surface area contributed by atoms with E-state index < -0.39 is 0 Å². The average Bonchev–Trinajstić information content (AvgIpc) is 2.18. The van der Waals surface area contributed by atoms with E-state index in [2.05, 4.69) is 45.4 Å². The lowest BCUT2D eigenvalue weighted by molar-refractivity contribution is 0.350. The minimum Gasteiger partial charge on any atom is -0.302 e.